The van der Waals surface area contributed by atoms with Gasteiger partial charge in [-0.25, -0.2) is 9.97 Å². The molecule has 5 rings (SSSR count). The lowest BCUT2D eigenvalue weighted by Gasteiger charge is -2.36. The van der Waals surface area contributed by atoms with Crippen LogP contribution in [-0.2, 0) is 24.2 Å². The SMILES string of the molecule is COCc1nc(N2CCN(C(=O)c3ccc(Cl)cc3)CC2)c2c3c(sc2n1)CCCC3. The van der Waals surface area contributed by atoms with Gasteiger partial charge in [-0.3, -0.25) is 4.79 Å². The van der Waals surface area contributed by atoms with Crippen molar-refractivity contribution in [2.75, 3.05) is 38.2 Å². The standard InChI is InChI=1S/C23H25ClN4O2S/c1-30-14-19-25-21(20-17-4-2-3-5-18(17)31-22(20)26-19)27-10-12-28(13-11-27)23(29)15-6-8-16(24)9-7-15/h6-9H,2-5,10-14H2,1H3. The molecule has 0 spiro atoms. The van der Waals surface area contributed by atoms with Crippen LogP contribution in [-0.4, -0.2) is 54.1 Å². The molecule has 1 amide bonds. The van der Waals surface area contributed by atoms with Gasteiger partial charge in [0.25, 0.3) is 5.91 Å². The molecular formula is C23H25ClN4O2S. The minimum Gasteiger partial charge on any atom is -0.377 e. The molecule has 1 aliphatic heterocycles. The quantitative estimate of drug-likeness (QED) is 0.584. The van der Waals surface area contributed by atoms with Gasteiger partial charge in [0.2, 0.25) is 0 Å². The van der Waals surface area contributed by atoms with E-state index in [0.29, 0.717) is 30.3 Å². The van der Waals surface area contributed by atoms with E-state index in [9.17, 15) is 4.79 Å². The molecule has 162 valence electrons. The third-order valence-corrected chi connectivity index (χ3v) is 7.51. The summed E-state index contributed by atoms with van der Waals surface area (Å²) in [4.78, 5) is 29.4. The molecule has 0 saturated carbocycles. The van der Waals surface area contributed by atoms with Crippen molar-refractivity contribution in [2.45, 2.75) is 32.3 Å². The van der Waals surface area contributed by atoms with E-state index in [1.54, 1.807) is 31.4 Å². The molecule has 2 aliphatic rings. The van der Waals surface area contributed by atoms with E-state index in [1.165, 1.54) is 28.7 Å². The van der Waals surface area contributed by atoms with Gasteiger partial charge >= 0.3 is 0 Å². The number of methoxy groups -OCH3 is 1. The Balaban J connectivity index is 1.41. The molecule has 1 fully saturated rings. The van der Waals surface area contributed by atoms with Crippen LogP contribution in [0.1, 0.15) is 39.5 Å². The predicted molar refractivity (Wildman–Crippen MR) is 124 cm³/mol. The van der Waals surface area contributed by atoms with Crippen LogP contribution < -0.4 is 4.90 Å². The Bertz CT molecular complexity index is 1110. The second kappa shape index (κ2) is 8.73. The number of fused-ring (bicyclic) bond motifs is 3. The summed E-state index contributed by atoms with van der Waals surface area (Å²) < 4.78 is 5.33. The molecule has 1 aliphatic carbocycles. The van der Waals surface area contributed by atoms with Gasteiger partial charge in [-0.05, 0) is 55.5 Å². The minimum atomic E-state index is 0.0529. The number of carbonyl (C=O) groups excluding carboxylic acids is 1. The van der Waals surface area contributed by atoms with Crippen molar-refractivity contribution in [1.82, 2.24) is 14.9 Å². The van der Waals surface area contributed by atoms with E-state index in [-0.39, 0.29) is 5.91 Å². The largest absolute Gasteiger partial charge is 0.377 e. The maximum Gasteiger partial charge on any atom is 0.253 e. The number of benzene rings is 1. The molecule has 0 unspecified atom stereocenters. The Morgan fingerprint density at radius 1 is 1.10 bits per heavy atom. The van der Waals surface area contributed by atoms with E-state index in [2.05, 4.69) is 4.90 Å². The van der Waals surface area contributed by atoms with Crippen molar-refractivity contribution in [2.24, 2.45) is 0 Å². The second-order valence-electron chi connectivity index (χ2n) is 8.07. The number of carbonyl (C=O) groups is 1. The van der Waals surface area contributed by atoms with Crippen molar-refractivity contribution < 1.29 is 9.53 Å². The van der Waals surface area contributed by atoms with Crippen LogP contribution in [0.4, 0.5) is 5.82 Å². The molecule has 1 saturated heterocycles. The van der Waals surface area contributed by atoms with Crippen LogP contribution >= 0.6 is 22.9 Å². The first kappa shape index (κ1) is 20.7. The number of anilines is 1. The molecule has 0 atom stereocenters. The lowest BCUT2D eigenvalue weighted by Crippen LogP contribution is -2.49. The van der Waals surface area contributed by atoms with Crippen molar-refractivity contribution in [3.63, 3.8) is 0 Å². The highest BCUT2D eigenvalue weighted by Crippen LogP contribution is 2.40. The average Bonchev–Trinajstić information content (AvgIpc) is 3.17. The number of aryl methyl sites for hydroxylation is 2. The molecule has 8 heteroatoms. The molecule has 2 aromatic heterocycles. The predicted octanol–water partition coefficient (Wildman–Crippen LogP) is 4.33. The van der Waals surface area contributed by atoms with Gasteiger partial charge < -0.3 is 14.5 Å². The summed E-state index contributed by atoms with van der Waals surface area (Å²) in [6.07, 6.45) is 4.71. The number of ether oxygens (including phenoxy) is 1. The molecule has 31 heavy (non-hydrogen) atoms. The van der Waals surface area contributed by atoms with E-state index >= 15 is 0 Å². The van der Waals surface area contributed by atoms with Crippen molar-refractivity contribution in [1.29, 1.82) is 0 Å². The van der Waals surface area contributed by atoms with Gasteiger partial charge in [0, 0.05) is 48.8 Å². The topological polar surface area (TPSA) is 58.6 Å². The number of hydrogen-bond donors (Lipinski definition) is 0. The highest BCUT2D eigenvalue weighted by Gasteiger charge is 2.27. The number of piperazine rings is 1. The highest BCUT2D eigenvalue weighted by atomic mass is 35.5. The van der Waals surface area contributed by atoms with Crippen LogP contribution in [0.3, 0.4) is 0 Å². The highest BCUT2D eigenvalue weighted by molar-refractivity contribution is 7.19. The van der Waals surface area contributed by atoms with Gasteiger partial charge in [0.15, 0.2) is 5.82 Å². The third kappa shape index (κ3) is 4.02. The Kier molecular flexibility index (Phi) is 5.82. The van der Waals surface area contributed by atoms with Crippen LogP contribution in [0, 0.1) is 0 Å². The first-order valence-electron chi connectivity index (χ1n) is 10.7. The molecule has 0 bridgehead atoms. The van der Waals surface area contributed by atoms with Gasteiger partial charge in [-0.1, -0.05) is 11.6 Å². The molecule has 0 N–H and O–H groups in total. The number of rotatable bonds is 4. The molecule has 0 radical (unpaired) electrons. The minimum absolute atomic E-state index is 0.0529. The van der Waals surface area contributed by atoms with Crippen LogP contribution in [0.25, 0.3) is 10.2 Å². The number of amides is 1. The summed E-state index contributed by atoms with van der Waals surface area (Å²) in [5.41, 5.74) is 2.11. The van der Waals surface area contributed by atoms with Crippen LogP contribution in [0.2, 0.25) is 5.02 Å². The van der Waals surface area contributed by atoms with Crippen LogP contribution in [0.15, 0.2) is 24.3 Å². The zero-order valence-corrected chi connectivity index (χ0v) is 19.1. The normalized spacial score (nSPS) is 16.6. The number of hydrogen-bond acceptors (Lipinski definition) is 6. The zero-order chi connectivity index (χ0) is 21.4. The number of aromatic nitrogens is 2. The van der Waals surface area contributed by atoms with E-state index in [1.807, 2.05) is 16.2 Å². The Morgan fingerprint density at radius 2 is 1.84 bits per heavy atom. The molecular weight excluding hydrogens is 432 g/mol. The van der Waals surface area contributed by atoms with E-state index in [0.717, 1.165) is 42.4 Å². The first-order valence-corrected chi connectivity index (χ1v) is 11.9. The van der Waals surface area contributed by atoms with Gasteiger partial charge in [-0.2, -0.15) is 0 Å². The third-order valence-electron chi connectivity index (χ3n) is 6.07. The molecule has 3 aromatic rings. The number of halogens is 1. The van der Waals surface area contributed by atoms with E-state index in [4.69, 9.17) is 26.3 Å². The second-order valence-corrected chi connectivity index (χ2v) is 9.59. The van der Waals surface area contributed by atoms with E-state index < -0.39 is 0 Å². The van der Waals surface area contributed by atoms with Crippen molar-refractivity contribution >= 4 is 44.9 Å². The fourth-order valence-electron chi connectivity index (χ4n) is 4.50. The summed E-state index contributed by atoms with van der Waals surface area (Å²) >= 11 is 7.77. The zero-order valence-electron chi connectivity index (χ0n) is 17.6. The number of nitrogens with zero attached hydrogens (tertiary/aromatic N) is 4. The Hall–Kier alpha value is -2.22. The van der Waals surface area contributed by atoms with Crippen molar-refractivity contribution in [3.8, 4) is 0 Å². The van der Waals surface area contributed by atoms with Gasteiger partial charge in [0.1, 0.15) is 17.3 Å². The maximum atomic E-state index is 12.9. The van der Waals surface area contributed by atoms with Gasteiger partial charge in [-0.15, -0.1) is 11.3 Å². The lowest BCUT2D eigenvalue weighted by atomic mass is 9.97. The maximum absolute atomic E-state index is 12.9. The van der Waals surface area contributed by atoms with Crippen molar-refractivity contribution in [3.05, 3.63) is 51.1 Å². The Morgan fingerprint density at radius 3 is 2.58 bits per heavy atom. The summed E-state index contributed by atoms with van der Waals surface area (Å²) in [5.74, 6) is 1.79. The fourth-order valence-corrected chi connectivity index (χ4v) is 5.90. The average molecular weight is 457 g/mol. The molecule has 3 heterocycles. The summed E-state index contributed by atoms with van der Waals surface area (Å²) in [6, 6.07) is 7.11. The van der Waals surface area contributed by atoms with Gasteiger partial charge in [0.05, 0.1) is 5.39 Å². The first-order chi connectivity index (χ1) is 15.1. The fraction of sp³-hybridized carbons (Fsp3) is 0.435. The monoisotopic (exact) mass is 456 g/mol. The lowest BCUT2D eigenvalue weighted by molar-refractivity contribution is 0.0746. The number of thiophene rings is 1. The van der Waals surface area contributed by atoms with Crippen LogP contribution in [0.5, 0.6) is 0 Å². The summed E-state index contributed by atoms with van der Waals surface area (Å²) in [7, 11) is 1.67. The smallest absolute Gasteiger partial charge is 0.253 e. The Labute approximate surface area is 190 Å². The summed E-state index contributed by atoms with van der Waals surface area (Å²) in [5, 5.41) is 1.86. The molecule has 1 aromatic carbocycles. The molecule has 6 nitrogen and oxygen atoms in total. The summed E-state index contributed by atoms with van der Waals surface area (Å²) in [6.45, 7) is 3.24.